The summed E-state index contributed by atoms with van der Waals surface area (Å²) in [5, 5.41) is 8.63. The van der Waals surface area contributed by atoms with Crippen molar-refractivity contribution in [2.75, 3.05) is 32.7 Å². The van der Waals surface area contributed by atoms with E-state index < -0.39 is 0 Å². The largest absolute Gasteiger partial charge is 0.357 e. The Morgan fingerprint density at radius 3 is 2.82 bits per heavy atom. The maximum Gasteiger partial charge on any atom is 0.244 e. The quantitative estimate of drug-likeness (QED) is 0.622. The maximum absolute atomic E-state index is 12.0. The molecule has 0 radical (unpaired) electrons. The van der Waals surface area contributed by atoms with Gasteiger partial charge < -0.3 is 15.5 Å². The van der Waals surface area contributed by atoms with Crippen LogP contribution in [0.15, 0.2) is 22.5 Å². The van der Waals surface area contributed by atoms with Crippen molar-refractivity contribution in [3.8, 4) is 0 Å². The number of hydrogen-bond acceptors (Lipinski definition) is 3. The second-order valence-electron chi connectivity index (χ2n) is 5.58. The van der Waals surface area contributed by atoms with E-state index in [9.17, 15) is 4.79 Å². The third-order valence-electron chi connectivity index (χ3n) is 3.78. The highest BCUT2D eigenvalue weighted by Gasteiger charge is 2.17. The summed E-state index contributed by atoms with van der Waals surface area (Å²) in [6.07, 6.45) is 2.23. The zero-order valence-corrected chi connectivity index (χ0v) is 14.3. The number of aliphatic imine (C=N–C) groups is 1. The number of amides is 1. The molecule has 0 spiro atoms. The summed E-state index contributed by atoms with van der Waals surface area (Å²) >= 11 is 1.77. The molecule has 1 aliphatic heterocycles. The highest BCUT2D eigenvalue weighted by atomic mass is 32.1. The van der Waals surface area contributed by atoms with E-state index >= 15 is 0 Å². The smallest absolute Gasteiger partial charge is 0.244 e. The molecule has 6 heteroatoms. The van der Waals surface area contributed by atoms with E-state index in [1.54, 1.807) is 11.3 Å². The Balaban J connectivity index is 1.82. The molecular formula is C16H26N4OS. The Bertz CT molecular complexity index is 480. The molecule has 22 heavy (non-hydrogen) atoms. The molecule has 2 rings (SSSR count). The third kappa shape index (κ3) is 5.02. The molecule has 0 aromatic carbocycles. The van der Waals surface area contributed by atoms with Crippen LogP contribution in [-0.2, 0) is 4.79 Å². The van der Waals surface area contributed by atoms with Crippen molar-refractivity contribution in [1.29, 1.82) is 0 Å². The van der Waals surface area contributed by atoms with Crippen LogP contribution in [0.3, 0.4) is 0 Å². The molecule has 1 aromatic heterocycles. The number of hydrogen-bond donors (Lipinski definition) is 2. The van der Waals surface area contributed by atoms with Crippen LogP contribution >= 0.6 is 11.3 Å². The van der Waals surface area contributed by atoms with E-state index in [4.69, 9.17) is 0 Å². The number of nitrogens with zero attached hydrogens (tertiary/aromatic N) is 2. The molecular weight excluding hydrogens is 296 g/mol. The normalized spacial score (nSPS) is 16.6. The molecule has 1 fully saturated rings. The summed E-state index contributed by atoms with van der Waals surface area (Å²) in [5.74, 6) is 1.28. The first-order valence-electron chi connectivity index (χ1n) is 8.04. The molecule has 1 aliphatic rings. The number of carbonyl (C=O) groups excluding carboxylic acids is 1. The molecule has 2 heterocycles. The number of guanidine groups is 1. The summed E-state index contributed by atoms with van der Waals surface area (Å²) in [5.41, 5.74) is 0. The van der Waals surface area contributed by atoms with Gasteiger partial charge in [0, 0.05) is 37.0 Å². The fourth-order valence-electron chi connectivity index (χ4n) is 2.48. The molecule has 2 N–H and O–H groups in total. The van der Waals surface area contributed by atoms with E-state index in [0.29, 0.717) is 5.92 Å². The lowest BCUT2D eigenvalue weighted by molar-refractivity contribution is -0.128. The van der Waals surface area contributed by atoms with Crippen LogP contribution < -0.4 is 10.6 Å². The van der Waals surface area contributed by atoms with E-state index in [1.165, 1.54) is 4.88 Å². The van der Waals surface area contributed by atoms with Crippen LogP contribution in [0.4, 0.5) is 0 Å². The Morgan fingerprint density at radius 2 is 2.18 bits per heavy atom. The van der Waals surface area contributed by atoms with Gasteiger partial charge >= 0.3 is 0 Å². The first-order valence-corrected chi connectivity index (χ1v) is 8.92. The van der Waals surface area contributed by atoms with Crippen molar-refractivity contribution < 1.29 is 4.79 Å². The lowest BCUT2D eigenvalue weighted by Gasteiger charge is -2.16. The van der Waals surface area contributed by atoms with E-state index in [0.717, 1.165) is 45.0 Å². The minimum absolute atomic E-state index is 0.126. The minimum Gasteiger partial charge on any atom is -0.357 e. The van der Waals surface area contributed by atoms with Gasteiger partial charge in [0.1, 0.15) is 6.54 Å². The fourth-order valence-corrected chi connectivity index (χ4v) is 3.26. The third-order valence-corrected chi connectivity index (χ3v) is 4.88. The van der Waals surface area contributed by atoms with Crippen LogP contribution in [0, 0.1) is 0 Å². The predicted molar refractivity (Wildman–Crippen MR) is 92.5 cm³/mol. The first-order chi connectivity index (χ1) is 10.7. The predicted octanol–water partition coefficient (Wildman–Crippen LogP) is 2.03. The zero-order valence-electron chi connectivity index (χ0n) is 13.5. The summed E-state index contributed by atoms with van der Waals surface area (Å²) in [6.45, 7) is 7.81. The Labute approximate surface area is 136 Å². The monoisotopic (exact) mass is 322 g/mol. The lowest BCUT2D eigenvalue weighted by atomic mass is 10.1. The molecule has 0 bridgehead atoms. The van der Waals surface area contributed by atoms with Gasteiger partial charge in [-0.3, -0.25) is 4.79 Å². The Morgan fingerprint density at radius 1 is 1.41 bits per heavy atom. The van der Waals surface area contributed by atoms with Crippen LogP contribution in [0.1, 0.15) is 37.5 Å². The summed E-state index contributed by atoms with van der Waals surface area (Å²) < 4.78 is 0. The highest BCUT2D eigenvalue weighted by Crippen LogP contribution is 2.19. The van der Waals surface area contributed by atoms with Gasteiger partial charge in [0.15, 0.2) is 5.96 Å². The second-order valence-corrected chi connectivity index (χ2v) is 6.56. The Kier molecular flexibility index (Phi) is 6.71. The molecule has 1 unspecified atom stereocenters. The van der Waals surface area contributed by atoms with Gasteiger partial charge in [-0.05, 0) is 31.2 Å². The molecule has 1 saturated heterocycles. The van der Waals surface area contributed by atoms with Gasteiger partial charge in [-0.1, -0.05) is 13.0 Å². The maximum atomic E-state index is 12.0. The average Bonchev–Trinajstić information content (AvgIpc) is 3.22. The van der Waals surface area contributed by atoms with Gasteiger partial charge in [0.25, 0.3) is 0 Å². The number of likely N-dealkylation sites (tertiary alicyclic amines) is 1. The summed E-state index contributed by atoms with van der Waals surface area (Å²) in [6, 6.07) is 4.22. The summed E-state index contributed by atoms with van der Waals surface area (Å²) in [7, 11) is 0. The first kappa shape index (κ1) is 16.8. The van der Waals surface area contributed by atoms with Gasteiger partial charge in [0.05, 0.1) is 0 Å². The summed E-state index contributed by atoms with van der Waals surface area (Å²) in [4.78, 5) is 19.7. The molecule has 1 aromatic rings. The van der Waals surface area contributed by atoms with Gasteiger partial charge in [0.2, 0.25) is 5.91 Å². The van der Waals surface area contributed by atoms with Crippen molar-refractivity contribution >= 4 is 23.2 Å². The number of thiophene rings is 1. The highest BCUT2D eigenvalue weighted by molar-refractivity contribution is 7.10. The van der Waals surface area contributed by atoms with Crippen molar-refractivity contribution in [1.82, 2.24) is 15.5 Å². The van der Waals surface area contributed by atoms with Gasteiger partial charge in [-0.25, -0.2) is 4.99 Å². The SMILES string of the molecule is CCNC(=NCC(=O)N1CCCC1)NCC(C)c1cccs1. The average molecular weight is 322 g/mol. The fraction of sp³-hybridized carbons (Fsp3) is 0.625. The minimum atomic E-state index is 0.126. The standard InChI is InChI=1S/C16H26N4OS/c1-3-17-16(18-11-13(2)14-7-6-10-22-14)19-12-15(21)20-8-4-5-9-20/h6-7,10,13H,3-5,8-9,11-12H2,1-2H3,(H2,17,18,19). The van der Waals surface area contributed by atoms with Crippen LogP contribution in [0.25, 0.3) is 0 Å². The van der Waals surface area contributed by atoms with Crippen molar-refractivity contribution in [3.05, 3.63) is 22.4 Å². The zero-order chi connectivity index (χ0) is 15.8. The topological polar surface area (TPSA) is 56.7 Å². The van der Waals surface area contributed by atoms with Gasteiger partial charge in [-0.2, -0.15) is 0 Å². The molecule has 1 atom stereocenters. The van der Waals surface area contributed by atoms with Crippen molar-refractivity contribution in [2.45, 2.75) is 32.6 Å². The molecule has 1 amide bonds. The second kappa shape index (κ2) is 8.78. The molecule has 122 valence electrons. The van der Waals surface area contributed by atoms with Crippen LogP contribution in [0.5, 0.6) is 0 Å². The van der Waals surface area contributed by atoms with E-state index in [-0.39, 0.29) is 12.5 Å². The number of nitrogens with one attached hydrogen (secondary N) is 2. The number of carbonyl (C=O) groups is 1. The van der Waals surface area contributed by atoms with Crippen LogP contribution in [-0.4, -0.2) is 49.5 Å². The molecule has 0 saturated carbocycles. The molecule has 0 aliphatic carbocycles. The Hall–Kier alpha value is -1.56. The van der Waals surface area contributed by atoms with Crippen LogP contribution in [0.2, 0.25) is 0 Å². The van der Waals surface area contributed by atoms with Crippen molar-refractivity contribution in [2.24, 2.45) is 4.99 Å². The van der Waals surface area contributed by atoms with Gasteiger partial charge in [-0.15, -0.1) is 11.3 Å². The van der Waals surface area contributed by atoms with E-state index in [2.05, 4.69) is 40.1 Å². The number of rotatable bonds is 6. The van der Waals surface area contributed by atoms with Crippen molar-refractivity contribution in [3.63, 3.8) is 0 Å². The van der Waals surface area contributed by atoms with E-state index in [1.807, 2.05) is 11.8 Å². The lowest BCUT2D eigenvalue weighted by Crippen LogP contribution is -2.40. The molecule has 5 nitrogen and oxygen atoms in total.